The third-order valence-corrected chi connectivity index (χ3v) is 2.67. The van der Waals surface area contributed by atoms with Crippen molar-refractivity contribution in [1.29, 1.82) is 0 Å². The Morgan fingerprint density at radius 3 is 2.36 bits per heavy atom. The maximum Gasteiger partial charge on any atom is 0.296 e. The van der Waals surface area contributed by atoms with Gasteiger partial charge in [0.05, 0.1) is 5.69 Å². The monoisotopic (exact) mass is 237 g/mol. The van der Waals surface area contributed by atoms with Crippen LogP contribution in [0, 0.1) is 0 Å². The van der Waals surface area contributed by atoms with Gasteiger partial charge >= 0.3 is 0 Å². The fourth-order valence-electron chi connectivity index (χ4n) is 0.870. The van der Waals surface area contributed by atoms with E-state index in [1.807, 2.05) is 4.72 Å². The summed E-state index contributed by atoms with van der Waals surface area (Å²) in [6.45, 7) is 0. The molecule has 78 valence electrons. The zero-order valence-corrected chi connectivity index (χ0v) is 8.38. The van der Waals surface area contributed by atoms with Gasteiger partial charge in [-0.2, -0.15) is 8.42 Å². The molecule has 0 heterocycles. The molecule has 1 unspecified atom stereocenters. The molecule has 0 fully saturated rings. The molecular weight excluding hydrogens is 230 g/mol. The van der Waals surface area contributed by atoms with Gasteiger partial charge in [-0.05, 0) is 12.1 Å². The summed E-state index contributed by atoms with van der Waals surface area (Å²) in [6, 6.07) is 5.22. The molecule has 1 aromatic carbocycles. The highest BCUT2D eigenvalue weighted by atomic mass is 32.2. The second-order valence-electron chi connectivity index (χ2n) is 2.32. The Morgan fingerprint density at radius 1 is 1.29 bits per heavy atom. The first kappa shape index (κ1) is 11.1. The zero-order valence-electron chi connectivity index (χ0n) is 6.75. The van der Waals surface area contributed by atoms with Gasteiger partial charge < -0.3 is 0 Å². The predicted octanol–water partition coefficient (Wildman–Crippen LogP) is 0.482. The van der Waals surface area contributed by atoms with Crippen LogP contribution in [0.3, 0.4) is 0 Å². The van der Waals surface area contributed by atoms with E-state index in [9.17, 15) is 12.6 Å². The summed E-state index contributed by atoms with van der Waals surface area (Å²) in [7, 11) is -4.39. The van der Waals surface area contributed by atoms with Gasteiger partial charge in [-0.25, -0.2) is 4.21 Å². The number of hydrogen-bond acceptors (Lipinski definition) is 3. The van der Waals surface area contributed by atoms with E-state index in [1.165, 1.54) is 18.2 Å². The minimum Gasteiger partial charge on any atom is -0.289 e. The van der Waals surface area contributed by atoms with Crippen LogP contribution in [-0.2, 0) is 21.4 Å². The summed E-state index contributed by atoms with van der Waals surface area (Å²) in [4.78, 5) is -0.442. The fraction of sp³-hybridized carbons (Fsp3) is 0. The number of anilines is 1. The molecular formula is C6H7NO5S2. The molecule has 0 saturated heterocycles. The lowest BCUT2D eigenvalue weighted by Gasteiger charge is -2.05. The second kappa shape index (κ2) is 4.05. The van der Waals surface area contributed by atoms with Crippen molar-refractivity contribution < 1.29 is 21.7 Å². The molecule has 0 radical (unpaired) electrons. The van der Waals surface area contributed by atoms with Crippen molar-refractivity contribution in [3.63, 3.8) is 0 Å². The van der Waals surface area contributed by atoms with Gasteiger partial charge in [0.15, 0.2) is 0 Å². The van der Waals surface area contributed by atoms with E-state index in [-0.39, 0.29) is 5.69 Å². The Labute approximate surface area is 83.1 Å². The molecule has 1 aromatic rings. The van der Waals surface area contributed by atoms with E-state index in [1.54, 1.807) is 0 Å². The van der Waals surface area contributed by atoms with Crippen LogP contribution in [0.1, 0.15) is 0 Å². The summed E-state index contributed by atoms with van der Waals surface area (Å²) >= 11 is -2.39. The highest BCUT2D eigenvalue weighted by molar-refractivity contribution is 7.86. The van der Waals surface area contributed by atoms with Crippen molar-refractivity contribution in [3.8, 4) is 0 Å². The van der Waals surface area contributed by atoms with Gasteiger partial charge in [0.2, 0.25) is 0 Å². The Bertz CT molecular complexity index is 455. The molecule has 0 spiro atoms. The predicted molar refractivity (Wildman–Crippen MR) is 50.7 cm³/mol. The smallest absolute Gasteiger partial charge is 0.289 e. The third-order valence-electron chi connectivity index (χ3n) is 1.36. The lowest BCUT2D eigenvalue weighted by atomic mass is 10.3. The van der Waals surface area contributed by atoms with Gasteiger partial charge in [0.1, 0.15) is 4.90 Å². The molecule has 0 bridgehead atoms. The standard InChI is InChI=1S/C6H7NO5S2/c8-13(9)7-5-3-1-2-4-6(5)14(10,11)12/h1-4,7H,(H,8,9)(H,10,11,12). The van der Waals surface area contributed by atoms with Crippen LogP contribution in [0.25, 0.3) is 0 Å². The fourth-order valence-corrected chi connectivity index (χ4v) is 1.95. The maximum absolute atomic E-state index is 10.8. The lowest BCUT2D eigenvalue weighted by Crippen LogP contribution is -2.07. The summed E-state index contributed by atoms with van der Waals surface area (Å²) in [5, 5.41) is 0. The molecule has 1 atom stereocenters. The van der Waals surface area contributed by atoms with Gasteiger partial charge in [-0.3, -0.25) is 13.8 Å². The van der Waals surface area contributed by atoms with Crippen LogP contribution in [0.15, 0.2) is 29.2 Å². The first-order valence-electron chi connectivity index (χ1n) is 3.35. The topological polar surface area (TPSA) is 104 Å². The molecule has 14 heavy (non-hydrogen) atoms. The second-order valence-corrected chi connectivity index (χ2v) is 4.41. The minimum absolute atomic E-state index is 0.129. The molecule has 3 N–H and O–H groups in total. The van der Waals surface area contributed by atoms with Crippen LogP contribution in [0.5, 0.6) is 0 Å². The average molecular weight is 237 g/mol. The quantitative estimate of drug-likeness (QED) is 0.524. The Hall–Kier alpha value is -0.960. The van der Waals surface area contributed by atoms with Crippen molar-refractivity contribution in [2.75, 3.05) is 4.72 Å². The van der Waals surface area contributed by atoms with Gasteiger partial charge in [0.25, 0.3) is 21.4 Å². The number of rotatable bonds is 3. The van der Waals surface area contributed by atoms with Crippen LogP contribution in [0.4, 0.5) is 5.69 Å². The van der Waals surface area contributed by atoms with Crippen LogP contribution >= 0.6 is 0 Å². The summed E-state index contributed by atoms with van der Waals surface area (Å²) in [6.07, 6.45) is 0. The van der Waals surface area contributed by atoms with E-state index in [0.717, 1.165) is 6.07 Å². The van der Waals surface area contributed by atoms with Crippen molar-refractivity contribution in [3.05, 3.63) is 24.3 Å². The normalized spacial score (nSPS) is 13.6. The van der Waals surface area contributed by atoms with E-state index in [4.69, 9.17) is 9.11 Å². The highest BCUT2D eigenvalue weighted by Crippen LogP contribution is 2.20. The third kappa shape index (κ3) is 2.77. The zero-order chi connectivity index (χ0) is 10.8. The first-order chi connectivity index (χ1) is 6.41. The minimum atomic E-state index is -4.39. The first-order valence-corrected chi connectivity index (χ1v) is 5.90. The van der Waals surface area contributed by atoms with Crippen LogP contribution in [-0.4, -0.2) is 21.7 Å². The van der Waals surface area contributed by atoms with Gasteiger partial charge in [-0.15, -0.1) is 0 Å². The van der Waals surface area contributed by atoms with E-state index in [0.29, 0.717) is 0 Å². The van der Waals surface area contributed by atoms with Gasteiger partial charge in [0, 0.05) is 0 Å². The highest BCUT2D eigenvalue weighted by Gasteiger charge is 2.15. The van der Waals surface area contributed by atoms with Crippen molar-refractivity contribution in [2.24, 2.45) is 0 Å². The molecule has 0 aliphatic carbocycles. The number of benzene rings is 1. The summed E-state index contributed by atoms with van der Waals surface area (Å²) < 4.78 is 51.1. The van der Waals surface area contributed by atoms with Gasteiger partial charge in [-0.1, -0.05) is 12.1 Å². The van der Waals surface area contributed by atoms with Crippen LogP contribution in [0.2, 0.25) is 0 Å². The molecule has 0 aliphatic heterocycles. The lowest BCUT2D eigenvalue weighted by molar-refractivity contribution is 0.483. The Kier molecular flexibility index (Phi) is 3.21. The number of nitrogens with one attached hydrogen (secondary N) is 1. The van der Waals surface area contributed by atoms with Crippen LogP contribution < -0.4 is 4.72 Å². The molecule has 1 rings (SSSR count). The molecule has 0 saturated carbocycles. The van der Waals surface area contributed by atoms with E-state index >= 15 is 0 Å². The summed E-state index contributed by atoms with van der Waals surface area (Å²) in [5.41, 5.74) is -0.129. The maximum atomic E-state index is 10.8. The molecule has 0 aromatic heterocycles. The van der Waals surface area contributed by atoms with E-state index < -0.39 is 26.3 Å². The van der Waals surface area contributed by atoms with Crippen molar-refractivity contribution >= 4 is 27.1 Å². The SMILES string of the molecule is O=S(O)Nc1ccccc1S(=O)(=O)O. The number of para-hydroxylation sites is 1. The van der Waals surface area contributed by atoms with Crippen molar-refractivity contribution in [1.82, 2.24) is 0 Å². The molecule has 6 nitrogen and oxygen atoms in total. The number of hydrogen-bond donors (Lipinski definition) is 3. The largest absolute Gasteiger partial charge is 0.296 e. The Morgan fingerprint density at radius 2 is 1.86 bits per heavy atom. The average Bonchev–Trinajstić information content (AvgIpc) is 2.01. The molecule has 0 aliphatic rings. The molecule has 0 amide bonds. The Balaban J connectivity index is 3.23. The van der Waals surface area contributed by atoms with E-state index in [2.05, 4.69) is 0 Å². The summed E-state index contributed by atoms with van der Waals surface area (Å²) in [5.74, 6) is 0. The molecule has 8 heteroatoms. The van der Waals surface area contributed by atoms with Crippen molar-refractivity contribution in [2.45, 2.75) is 4.90 Å².